The molecule has 7 heteroatoms. The highest BCUT2D eigenvalue weighted by Crippen LogP contribution is 2.23. The van der Waals surface area contributed by atoms with Crippen LogP contribution in [0.1, 0.15) is 12.5 Å². The van der Waals surface area contributed by atoms with Gasteiger partial charge in [0, 0.05) is 28.4 Å². The molecule has 0 amide bonds. The first-order valence-corrected chi connectivity index (χ1v) is 6.93. The maximum atomic E-state index is 11.2. The number of nitro benzene ring substituents is 1. The lowest BCUT2D eigenvalue weighted by molar-refractivity contribution is -0.385. The monoisotopic (exact) mass is 285 g/mol. The van der Waals surface area contributed by atoms with E-state index in [4.69, 9.17) is 10.7 Å². The van der Waals surface area contributed by atoms with Gasteiger partial charge < -0.3 is 0 Å². The van der Waals surface area contributed by atoms with Gasteiger partial charge in [0.1, 0.15) is 0 Å². The molecule has 0 heterocycles. The Labute approximate surface area is 109 Å². The van der Waals surface area contributed by atoms with Crippen LogP contribution in [0.25, 0.3) is 0 Å². The van der Waals surface area contributed by atoms with Crippen LogP contribution in [-0.2, 0) is 9.05 Å². The van der Waals surface area contributed by atoms with Crippen LogP contribution in [0.5, 0.6) is 0 Å². The summed E-state index contributed by atoms with van der Waals surface area (Å²) in [5.74, 6) is 5.18. The predicted octanol–water partition coefficient (Wildman–Crippen LogP) is 2.45. The van der Waals surface area contributed by atoms with Crippen molar-refractivity contribution >= 4 is 25.4 Å². The second kappa shape index (κ2) is 5.21. The van der Waals surface area contributed by atoms with Crippen LogP contribution in [0.15, 0.2) is 35.2 Å². The third kappa shape index (κ3) is 3.87. The Balaban J connectivity index is 3.47. The fourth-order valence-electron chi connectivity index (χ4n) is 1.08. The fraction of sp³-hybridized carbons (Fsp3) is 0.0909. The molecule has 0 bridgehead atoms. The molecule has 0 spiro atoms. The number of nitrogens with zero attached hydrogens (tertiary/aromatic N) is 1. The van der Waals surface area contributed by atoms with Gasteiger partial charge in [-0.05, 0) is 18.6 Å². The van der Waals surface area contributed by atoms with Gasteiger partial charge in [0.05, 0.1) is 9.82 Å². The third-order valence-corrected chi connectivity index (χ3v) is 3.14. The van der Waals surface area contributed by atoms with E-state index in [1.165, 1.54) is 12.1 Å². The lowest BCUT2D eigenvalue weighted by atomic mass is 10.2. The Morgan fingerprint density at radius 1 is 1.44 bits per heavy atom. The molecule has 0 fully saturated rings. The second-order valence-electron chi connectivity index (χ2n) is 3.44. The van der Waals surface area contributed by atoms with Gasteiger partial charge in [0.25, 0.3) is 14.7 Å². The Kier molecular flexibility index (Phi) is 4.11. The summed E-state index contributed by atoms with van der Waals surface area (Å²) in [4.78, 5) is 9.60. The standard InChI is InChI=1S/C11H8ClNO4S/c1-8(2)3-4-9-5-10(13(14)15)7-11(6-9)18(12,16)17/h5-7H,1H2,2H3. The number of benzene rings is 1. The molecule has 0 unspecified atom stereocenters. The molecule has 0 saturated heterocycles. The molecule has 0 aromatic heterocycles. The van der Waals surface area contributed by atoms with Gasteiger partial charge >= 0.3 is 0 Å². The summed E-state index contributed by atoms with van der Waals surface area (Å²) in [5.41, 5.74) is 0.353. The Bertz CT molecular complexity index is 683. The number of halogens is 1. The zero-order valence-electron chi connectivity index (χ0n) is 9.31. The van der Waals surface area contributed by atoms with E-state index < -0.39 is 14.0 Å². The molecule has 0 aliphatic carbocycles. The molecule has 1 aromatic rings. The van der Waals surface area contributed by atoms with E-state index in [0.717, 1.165) is 6.07 Å². The van der Waals surface area contributed by atoms with Crippen molar-refractivity contribution in [3.05, 3.63) is 46.0 Å². The van der Waals surface area contributed by atoms with Crippen molar-refractivity contribution in [3.63, 3.8) is 0 Å². The summed E-state index contributed by atoms with van der Waals surface area (Å²) < 4.78 is 22.4. The van der Waals surface area contributed by atoms with Gasteiger partial charge in [-0.1, -0.05) is 18.4 Å². The summed E-state index contributed by atoms with van der Waals surface area (Å²) in [7, 11) is 1.11. The topological polar surface area (TPSA) is 77.3 Å². The Morgan fingerprint density at radius 3 is 2.50 bits per heavy atom. The van der Waals surface area contributed by atoms with Crippen LogP contribution in [0.2, 0.25) is 0 Å². The van der Waals surface area contributed by atoms with Crippen LogP contribution in [0.3, 0.4) is 0 Å². The van der Waals surface area contributed by atoms with Gasteiger partial charge in [-0.2, -0.15) is 0 Å². The molecule has 0 N–H and O–H groups in total. The smallest absolute Gasteiger partial charge is 0.258 e. The number of nitro groups is 1. The first-order valence-electron chi connectivity index (χ1n) is 4.62. The SMILES string of the molecule is C=C(C)C#Cc1cc([N+](=O)[O-])cc(S(=O)(=O)Cl)c1. The van der Waals surface area contributed by atoms with Crippen molar-refractivity contribution in [1.29, 1.82) is 0 Å². The van der Waals surface area contributed by atoms with Gasteiger partial charge in [-0.15, -0.1) is 0 Å². The van der Waals surface area contributed by atoms with Crippen LogP contribution < -0.4 is 0 Å². The molecule has 0 saturated carbocycles. The first-order chi connectivity index (χ1) is 8.20. The van der Waals surface area contributed by atoms with Crippen LogP contribution in [0.4, 0.5) is 5.69 Å². The van der Waals surface area contributed by atoms with Crippen LogP contribution >= 0.6 is 10.7 Å². The zero-order chi connectivity index (χ0) is 13.9. The summed E-state index contributed by atoms with van der Waals surface area (Å²) in [6.45, 7) is 5.20. The molecule has 94 valence electrons. The molecule has 0 aliphatic heterocycles. The normalized spacial score (nSPS) is 10.3. The van der Waals surface area contributed by atoms with E-state index in [0.29, 0.717) is 5.57 Å². The number of rotatable bonds is 2. The van der Waals surface area contributed by atoms with E-state index in [2.05, 4.69) is 18.4 Å². The lowest BCUT2D eigenvalue weighted by Crippen LogP contribution is -1.95. The third-order valence-electron chi connectivity index (χ3n) is 1.80. The van der Waals surface area contributed by atoms with E-state index in [1.807, 2.05) is 0 Å². The lowest BCUT2D eigenvalue weighted by Gasteiger charge is -1.98. The van der Waals surface area contributed by atoms with Crippen LogP contribution in [0, 0.1) is 22.0 Å². The maximum Gasteiger partial charge on any atom is 0.272 e. The molecule has 0 atom stereocenters. The number of non-ortho nitro benzene ring substituents is 1. The van der Waals surface area contributed by atoms with E-state index >= 15 is 0 Å². The number of hydrogen-bond donors (Lipinski definition) is 0. The van der Waals surface area contributed by atoms with Crippen molar-refractivity contribution in [2.75, 3.05) is 0 Å². The minimum Gasteiger partial charge on any atom is -0.258 e. The van der Waals surface area contributed by atoms with Crippen molar-refractivity contribution in [1.82, 2.24) is 0 Å². The van der Waals surface area contributed by atoms with Gasteiger partial charge in [-0.25, -0.2) is 8.42 Å². The van der Waals surface area contributed by atoms with Gasteiger partial charge in [-0.3, -0.25) is 10.1 Å². The van der Waals surface area contributed by atoms with Crippen LogP contribution in [-0.4, -0.2) is 13.3 Å². The second-order valence-corrected chi connectivity index (χ2v) is 6.01. The quantitative estimate of drug-likeness (QED) is 0.362. The van der Waals surface area contributed by atoms with Crippen molar-refractivity contribution in [2.24, 2.45) is 0 Å². The van der Waals surface area contributed by atoms with E-state index in [1.54, 1.807) is 6.92 Å². The molecule has 0 radical (unpaired) electrons. The maximum absolute atomic E-state index is 11.2. The summed E-state index contributed by atoms with van der Waals surface area (Å²) in [6.07, 6.45) is 0. The molecule has 18 heavy (non-hydrogen) atoms. The highest BCUT2D eigenvalue weighted by Gasteiger charge is 2.16. The minimum absolute atomic E-state index is 0.187. The molecular formula is C11H8ClNO4S. The van der Waals surface area contributed by atoms with Crippen molar-refractivity contribution < 1.29 is 13.3 Å². The highest BCUT2D eigenvalue weighted by atomic mass is 35.7. The van der Waals surface area contributed by atoms with Gasteiger partial charge in [0.2, 0.25) is 0 Å². The highest BCUT2D eigenvalue weighted by molar-refractivity contribution is 8.13. The van der Waals surface area contributed by atoms with E-state index in [9.17, 15) is 18.5 Å². The Hall–Kier alpha value is -1.84. The van der Waals surface area contributed by atoms with E-state index in [-0.39, 0.29) is 16.1 Å². The summed E-state index contributed by atoms with van der Waals surface area (Å²) in [5, 5.41) is 10.7. The molecule has 5 nitrogen and oxygen atoms in total. The predicted molar refractivity (Wildman–Crippen MR) is 67.8 cm³/mol. The van der Waals surface area contributed by atoms with Gasteiger partial charge in [0.15, 0.2) is 0 Å². The Morgan fingerprint density at radius 2 is 2.06 bits per heavy atom. The minimum atomic E-state index is -4.04. The summed E-state index contributed by atoms with van der Waals surface area (Å²) >= 11 is 0. The number of allylic oxidation sites excluding steroid dienone is 1. The average molecular weight is 286 g/mol. The van der Waals surface area contributed by atoms with Crippen molar-refractivity contribution in [3.8, 4) is 11.8 Å². The average Bonchev–Trinajstić information content (AvgIpc) is 2.24. The van der Waals surface area contributed by atoms with Crippen molar-refractivity contribution in [2.45, 2.75) is 11.8 Å². The fourth-order valence-corrected chi connectivity index (χ4v) is 1.88. The number of hydrogen-bond acceptors (Lipinski definition) is 4. The molecule has 1 rings (SSSR count). The molecule has 0 aliphatic rings. The first kappa shape index (κ1) is 14.2. The zero-order valence-corrected chi connectivity index (χ0v) is 10.9. The summed E-state index contributed by atoms with van der Waals surface area (Å²) in [6, 6.07) is 3.22. The molecule has 1 aromatic carbocycles. The largest absolute Gasteiger partial charge is 0.272 e. The molecular weight excluding hydrogens is 278 g/mol.